The molecule has 7 heteroatoms. The molecule has 2 aromatic carbocycles. The molecule has 4 rings (SSSR count). The highest BCUT2D eigenvalue weighted by atomic mass is 16.5. The van der Waals surface area contributed by atoms with Crippen LogP contribution >= 0.6 is 0 Å². The molecule has 0 aliphatic carbocycles. The minimum absolute atomic E-state index is 0.0407. The molecule has 7 nitrogen and oxygen atoms in total. The number of carbonyl (C=O) groups is 2. The lowest BCUT2D eigenvalue weighted by Gasteiger charge is -2.17. The van der Waals surface area contributed by atoms with E-state index in [1.165, 1.54) is 4.90 Å². The number of H-pyrrole nitrogens is 1. The van der Waals surface area contributed by atoms with Gasteiger partial charge >= 0.3 is 0 Å². The van der Waals surface area contributed by atoms with Crippen LogP contribution in [0.4, 0.5) is 11.4 Å². The number of aromatic amines is 1. The van der Waals surface area contributed by atoms with Crippen LogP contribution in [-0.4, -0.2) is 35.7 Å². The Hall–Kier alpha value is -3.35. The Morgan fingerprint density at radius 2 is 2.16 bits per heavy atom. The number of amides is 2. The molecule has 0 bridgehead atoms. The Morgan fingerprint density at radius 3 is 3.04 bits per heavy atom. The third kappa shape index (κ3) is 2.80. The summed E-state index contributed by atoms with van der Waals surface area (Å²) in [6.45, 7) is 0.339. The van der Waals surface area contributed by atoms with Crippen molar-refractivity contribution in [1.29, 1.82) is 0 Å². The smallest absolute Gasteiger partial charge is 0.255 e. The third-order valence-electron chi connectivity index (χ3n) is 4.23. The number of hydrogen-bond donors (Lipinski definition) is 2. The van der Waals surface area contributed by atoms with Crippen LogP contribution in [0.2, 0.25) is 0 Å². The van der Waals surface area contributed by atoms with Crippen molar-refractivity contribution in [2.24, 2.45) is 0 Å². The maximum Gasteiger partial charge on any atom is 0.255 e. The van der Waals surface area contributed by atoms with Crippen molar-refractivity contribution >= 4 is 34.1 Å². The van der Waals surface area contributed by atoms with Gasteiger partial charge in [-0.15, -0.1) is 0 Å². The molecule has 2 amide bonds. The Bertz CT molecular complexity index is 979. The minimum atomic E-state index is -0.258. The summed E-state index contributed by atoms with van der Waals surface area (Å²) in [5.41, 5.74) is 2.56. The highest BCUT2D eigenvalue weighted by molar-refractivity contribution is 6.06. The van der Waals surface area contributed by atoms with Gasteiger partial charge in [0.15, 0.2) is 0 Å². The maximum absolute atomic E-state index is 12.6. The van der Waals surface area contributed by atoms with Crippen molar-refractivity contribution in [2.75, 3.05) is 23.9 Å². The first-order valence-corrected chi connectivity index (χ1v) is 7.90. The number of carbonyl (C=O) groups excluding carboxylic acids is 2. The Balaban J connectivity index is 1.61. The lowest BCUT2D eigenvalue weighted by molar-refractivity contribution is -0.118. The molecule has 0 unspecified atom stereocenters. The molecule has 0 atom stereocenters. The maximum atomic E-state index is 12.6. The van der Waals surface area contributed by atoms with E-state index in [1.807, 2.05) is 18.2 Å². The van der Waals surface area contributed by atoms with Gasteiger partial charge in [-0.1, -0.05) is 0 Å². The van der Waals surface area contributed by atoms with Crippen molar-refractivity contribution in [1.82, 2.24) is 10.2 Å². The quantitative estimate of drug-likeness (QED) is 0.753. The molecule has 1 aliphatic rings. The van der Waals surface area contributed by atoms with E-state index in [0.29, 0.717) is 35.7 Å². The molecule has 0 radical (unpaired) electrons. The Labute approximate surface area is 143 Å². The van der Waals surface area contributed by atoms with Crippen molar-refractivity contribution in [3.8, 4) is 5.75 Å². The molecule has 0 fully saturated rings. The Morgan fingerprint density at radius 1 is 1.28 bits per heavy atom. The summed E-state index contributed by atoms with van der Waals surface area (Å²) in [6.07, 6.45) is 2.04. The van der Waals surface area contributed by atoms with Crippen molar-refractivity contribution in [3.05, 3.63) is 48.2 Å². The van der Waals surface area contributed by atoms with Gasteiger partial charge in [0.2, 0.25) is 5.91 Å². The SMILES string of the molecule is CN1C(=O)CCOc2ccc(C(=O)Nc3ccc4cn[nH]c4c3)cc21. The van der Waals surface area contributed by atoms with Gasteiger partial charge in [0.25, 0.3) is 5.91 Å². The molecule has 1 aliphatic heterocycles. The zero-order chi connectivity index (χ0) is 17.4. The predicted octanol–water partition coefficient (Wildman–Crippen LogP) is 2.56. The van der Waals surface area contributed by atoms with Crippen LogP contribution in [-0.2, 0) is 4.79 Å². The summed E-state index contributed by atoms with van der Waals surface area (Å²) < 4.78 is 5.58. The number of aromatic nitrogens is 2. The topological polar surface area (TPSA) is 87.3 Å². The Kier molecular flexibility index (Phi) is 3.61. The minimum Gasteiger partial charge on any atom is -0.491 e. The summed E-state index contributed by atoms with van der Waals surface area (Å²) >= 11 is 0. The van der Waals surface area contributed by atoms with Crippen LogP contribution in [0.1, 0.15) is 16.8 Å². The van der Waals surface area contributed by atoms with Gasteiger partial charge in [-0.3, -0.25) is 14.7 Å². The first-order chi connectivity index (χ1) is 12.1. The molecule has 126 valence electrons. The number of nitrogens with zero attached hydrogens (tertiary/aromatic N) is 2. The molecule has 0 saturated carbocycles. The normalized spacial score (nSPS) is 14.0. The molecule has 0 spiro atoms. The lowest BCUT2D eigenvalue weighted by Crippen LogP contribution is -2.25. The van der Waals surface area contributed by atoms with E-state index >= 15 is 0 Å². The van der Waals surface area contributed by atoms with E-state index in [-0.39, 0.29) is 11.8 Å². The molecule has 2 heterocycles. The van der Waals surface area contributed by atoms with Crippen molar-refractivity contribution < 1.29 is 14.3 Å². The summed E-state index contributed by atoms with van der Waals surface area (Å²) in [4.78, 5) is 26.1. The van der Waals surface area contributed by atoms with Gasteiger partial charge in [-0.05, 0) is 36.4 Å². The van der Waals surface area contributed by atoms with Crippen LogP contribution in [0.5, 0.6) is 5.75 Å². The van der Waals surface area contributed by atoms with Crippen molar-refractivity contribution in [2.45, 2.75) is 6.42 Å². The van der Waals surface area contributed by atoms with Crippen LogP contribution in [0.3, 0.4) is 0 Å². The monoisotopic (exact) mass is 336 g/mol. The number of rotatable bonds is 2. The second kappa shape index (κ2) is 5.94. The first kappa shape index (κ1) is 15.2. The van der Waals surface area contributed by atoms with Gasteiger partial charge in [0, 0.05) is 23.7 Å². The fraction of sp³-hybridized carbons (Fsp3) is 0.167. The van der Waals surface area contributed by atoms with Gasteiger partial charge in [0.05, 0.1) is 30.4 Å². The fourth-order valence-electron chi connectivity index (χ4n) is 2.81. The number of benzene rings is 2. The molecule has 0 saturated heterocycles. The average Bonchev–Trinajstić information content (AvgIpc) is 3.03. The molecule has 1 aromatic heterocycles. The number of fused-ring (bicyclic) bond motifs is 2. The first-order valence-electron chi connectivity index (χ1n) is 7.90. The molecule has 25 heavy (non-hydrogen) atoms. The van der Waals surface area contributed by atoms with Crippen LogP contribution in [0.15, 0.2) is 42.6 Å². The van der Waals surface area contributed by atoms with Crippen molar-refractivity contribution in [3.63, 3.8) is 0 Å². The number of anilines is 2. The van der Waals surface area contributed by atoms with E-state index in [2.05, 4.69) is 15.5 Å². The summed E-state index contributed by atoms with van der Waals surface area (Å²) in [6, 6.07) is 10.6. The fourth-order valence-corrected chi connectivity index (χ4v) is 2.81. The average molecular weight is 336 g/mol. The van der Waals surface area contributed by atoms with E-state index in [1.54, 1.807) is 31.4 Å². The molecular weight excluding hydrogens is 320 g/mol. The zero-order valence-electron chi connectivity index (χ0n) is 13.6. The molecular formula is C18H16N4O3. The largest absolute Gasteiger partial charge is 0.491 e. The van der Waals surface area contributed by atoms with Crippen LogP contribution in [0, 0.1) is 0 Å². The molecule has 2 N–H and O–H groups in total. The second-order valence-corrected chi connectivity index (χ2v) is 5.86. The number of ether oxygens (including phenoxy) is 1. The summed E-state index contributed by atoms with van der Waals surface area (Å²) in [5, 5.41) is 10.7. The van der Waals surface area contributed by atoms with Crippen LogP contribution < -0.4 is 15.0 Å². The third-order valence-corrected chi connectivity index (χ3v) is 4.23. The molecule has 3 aromatic rings. The summed E-state index contributed by atoms with van der Waals surface area (Å²) in [5.74, 6) is 0.302. The van der Waals surface area contributed by atoms with E-state index < -0.39 is 0 Å². The highest BCUT2D eigenvalue weighted by Crippen LogP contribution is 2.31. The number of nitrogens with one attached hydrogen (secondary N) is 2. The standard InChI is InChI=1S/C18H16N4O3/c1-22-15-8-11(3-5-16(15)25-7-6-17(22)23)18(24)20-13-4-2-12-10-19-21-14(12)9-13/h2-5,8-10H,6-7H2,1H3,(H,19,21)(H,20,24). The zero-order valence-corrected chi connectivity index (χ0v) is 13.6. The highest BCUT2D eigenvalue weighted by Gasteiger charge is 2.21. The van der Waals surface area contributed by atoms with Gasteiger partial charge in [-0.25, -0.2) is 0 Å². The number of hydrogen-bond acceptors (Lipinski definition) is 4. The van der Waals surface area contributed by atoms with E-state index in [4.69, 9.17) is 4.74 Å². The van der Waals surface area contributed by atoms with Crippen LogP contribution in [0.25, 0.3) is 10.9 Å². The lowest BCUT2D eigenvalue weighted by atomic mass is 10.1. The van der Waals surface area contributed by atoms with Gasteiger partial charge in [-0.2, -0.15) is 5.10 Å². The van der Waals surface area contributed by atoms with E-state index in [9.17, 15) is 9.59 Å². The predicted molar refractivity (Wildman–Crippen MR) is 94.0 cm³/mol. The summed E-state index contributed by atoms with van der Waals surface area (Å²) in [7, 11) is 1.68. The second-order valence-electron chi connectivity index (χ2n) is 5.86. The van der Waals surface area contributed by atoms with Gasteiger partial charge in [0.1, 0.15) is 5.75 Å². The van der Waals surface area contributed by atoms with Gasteiger partial charge < -0.3 is 15.0 Å². The van der Waals surface area contributed by atoms with E-state index in [0.717, 1.165) is 10.9 Å².